The number of fused-ring (bicyclic) bond motifs is 1. The van der Waals surface area contributed by atoms with Crippen LogP contribution in [0.5, 0.6) is 0 Å². The number of carbonyl (C=O) groups excluding carboxylic acids is 1. The quantitative estimate of drug-likeness (QED) is 0.791. The lowest BCUT2D eigenvalue weighted by Crippen LogP contribution is -2.37. The smallest absolute Gasteiger partial charge is 0.270 e. The number of nitrogens with one attached hydrogen (secondary N) is 1. The van der Waals surface area contributed by atoms with Gasteiger partial charge in [0.2, 0.25) is 0 Å². The largest absolute Gasteiger partial charge is 0.349 e. The molecule has 1 aliphatic heterocycles. The molecule has 1 unspecified atom stereocenters. The molecular weight excluding hydrogens is 319 g/mol. The van der Waals surface area contributed by atoms with Crippen LogP contribution in [0.1, 0.15) is 43.1 Å². The normalized spacial score (nSPS) is 23.2. The average Bonchev–Trinajstić information content (AvgIpc) is 3.04. The summed E-state index contributed by atoms with van der Waals surface area (Å²) in [7, 11) is 0. The van der Waals surface area contributed by atoms with Gasteiger partial charge in [0.15, 0.2) is 0 Å². The van der Waals surface area contributed by atoms with E-state index in [0.29, 0.717) is 27.2 Å². The highest BCUT2D eigenvalue weighted by molar-refractivity contribution is 6.45. The lowest BCUT2D eigenvalue weighted by atomic mass is 9.68. The maximum Gasteiger partial charge on any atom is 0.270 e. The zero-order valence-corrected chi connectivity index (χ0v) is 14.0. The van der Waals surface area contributed by atoms with E-state index in [0.717, 1.165) is 23.9 Å². The number of rotatable bonds is 1. The molecule has 5 heteroatoms. The number of H-pyrrole nitrogens is 1. The Labute approximate surface area is 139 Å². The molecule has 1 saturated carbocycles. The molecule has 1 aromatic heterocycles. The lowest BCUT2D eigenvalue weighted by Gasteiger charge is -2.37. The van der Waals surface area contributed by atoms with Crippen LogP contribution in [0.4, 0.5) is 0 Å². The second-order valence-electron chi connectivity index (χ2n) is 6.85. The molecule has 2 aromatic rings. The van der Waals surface area contributed by atoms with Crippen molar-refractivity contribution >= 4 is 40.0 Å². The van der Waals surface area contributed by atoms with E-state index < -0.39 is 0 Å². The number of carbonyl (C=O) groups is 1. The van der Waals surface area contributed by atoms with Crippen molar-refractivity contribution in [3.8, 4) is 0 Å². The molecule has 2 aliphatic rings. The Morgan fingerprint density at radius 1 is 1.36 bits per heavy atom. The van der Waals surface area contributed by atoms with Crippen LogP contribution < -0.4 is 0 Å². The van der Waals surface area contributed by atoms with Gasteiger partial charge in [-0.05, 0) is 43.7 Å². The first kappa shape index (κ1) is 14.4. The van der Waals surface area contributed by atoms with Gasteiger partial charge in [-0.1, -0.05) is 35.7 Å². The standard InChI is InChI=1S/C17H18Cl2N2O/c1-10-8-17(5-2-6-17)9-21(10)16(22)13-7-11-3-4-12(18)14(19)15(11)20-13/h3-4,7,10,20H,2,5-6,8-9H2,1H3. The molecular formula is C17H18Cl2N2O. The number of nitrogens with zero attached hydrogens (tertiary/aromatic N) is 1. The minimum atomic E-state index is 0.0691. The summed E-state index contributed by atoms with van der Waals surface area (Å²) < 4.78 is 0. The van der Waals surface area contributed by atoms with Crippen molar-refractivity contribution < 1.29 is 4.79 Å². The van der Waals surface area contributed by atoms with Crippen molar-refractivity contribution in [3.63, 3.8) is 0 Å². The predicted molar refractivity (Wildman–Crippen MR) is 89.7 cm³/mol. The van der Waals surface area contributed by atoms with Crippen molar-refractivity contribution in [3.05, 3.63) is 33.9 Å². The van der Waals surface area contributed by atoms with E-state index in [-0.39, 0.29) is 5.91 Å². The lowest BCUT2D eigenvalue weighted by molar-refractivity contribution is 0.0696. The molecule has 2 heterocycles. The van der Waals surface area contributed by atoms with Gasteiger partial charge in [-0.15, -0.1) is 0 Å². The van der Waals surface area contributed by atoms with Gasteiger partial charge in [0.05, 0.1) is 15.6 Å². The minimum Gasteiger partial charge on any atom is -0.349 e. The highest BCUT2D eigenvalue weighted by atomic mass is 35.5. The molecule has 2 fully saturated rings. The van der Waals surface area contributed by atoms with Gasteiger partial charge in [-0.2, -0.15) is 0 Å². The van der Waals surface area contributed by atoms with E-state index >= 15 is 0 Å². The summed E-state index contributed by atoms with van der Waals surface area (Å²) >= 11 is 12.3. The maximum atomic E-state index is 12.9. The summed E-state index contributed by atoms with van der Waals surface area (Å²) in [5, 5.41) is 1.89. The molecule has 0 bridgehead atoms. The SMILES string of the molecule is CC1CC2(CCC2)CN1C(=O)c1cc2ccc(Cl)c(Cl)c2[nH]1. The number of hydrogen-bond donors (Lipinski definition) is 1. The van der Waals surface area contributed by atoms with Crippen LogP contribution in [0.25, 0.3) is 10.9 Å². The zero-order chi connectivity index (χ0) is 15.5. The van der Waals surface area contributed by atoms with E-state index in [1.807, 2.05) is 17.0 Å². The van der Waals surface area contributed by atoms with Crippen molar-refractivity contribution in [1.82, 2.24) is 9.88 Å². The number of aromatic nitrogens is 1. The second-order valence-corrected chi connectivity index (χ2v) is 7.63. The fourth-order valence-corrected chi connectivity index (χ4v) is 4.42. The molecule has 22 heavy (non-hydrogen) atoms. The molecule has 0 radical (unpaired) electrons. The van der Waals surface area contributed by atoms with Gasteiger partial charge in [0.25, 0.3) is 5.91 Å². The molecule has 1 aliphatic carbocycles. The van der Waals surface area contributed by atoms with Gasteiger partial charge >= 0.3 is 0 Å². The summed E-state index contributed by atoms with van der Waals surface area (Å²) in [5.41, 5.74) is 1.73. The molecule has 1 N–H and O–H groups in total. The number of halogens is 2. The summed E-state index contributed by atoms with van der Waals surface area (Å²) in [6, 6.07) is 5.82. The summed E-state index contributed by atoms with van der Waals surface area (Å²) in [4.78, 5) is 18.0. The van der Waals surface area contributed by atoms with Gasteiger partial charge in [0.1, 0.15) is 5.69 Å². The van der Waals surface area contributed by atoms with Crippen LogP contribution in [0.2, 0.25) is 10.0 Å². The predicted octanol–water partition coefficient (Wildman–Crippen LogP) is 4.88. The highest BCUT2D eigenvalue weighted by Crippen LogP contribution is 2.50. The minimum absolute atomic E-state index is 0.0691. The number of amides is 1. The van der Waals surface area contributed by atoms with E-state index in [1.54, 1.807) is 6.07 Å². The second kappa shape index (κ2) is 4.90. The Bertz CT molecular complexity index is 763. The monoisotopic (exact) mass is 336 g/mol. The molecule has 4 rings (SSSR count). The number of benzene rings is 1. The third-order valence-corrected chi connectivity index (χ3v) is 6.16. The Hall–Kier alpha value is -1.19. The fraction of sp³-hybridized carbons (Fsp3) is 0.471. The Balaban J connectivity index is 1.67. The molecule has 1 saturated heterocycles. The Morgan fingerprint density at radius 2 is 2.14 bits per heavy atom. The number of likely N-dealkylation sites (tertiary alicyclic amines) is 1. The summed E-state index contributed by atoms with van der Waals surface area (Å²) in [6.07, 6.45) is 4.95. The number of hydrogen-bond acceptors (Lipinski definition) is 1. The van der Waals surface area contributed by atoms with Crippen molar-refractivity contribution in [2.45, 2.75) is 38.6 Å². The van der Waals surface area contributed by atoms with E-state index in [2.05, 4.69) is 11.9 Å². The highest BCUT2D eigenvalue weighted by Gasteiger charge is 2.47. The zero-order valence-electron chi connectivity index (χ0n) is 12.5. The first-order chi connectivity index (χ1) is 10.5. The van der Waals surface area contributed by atoms with Crippen molar-refractivity contribution in [1.29, 1.82) is 0 Å². The molecule has 1 amide bonds. The molecule has 1 atom stereocenters. The maximum absolute atomic E-state index is 12.9. The van der Waals surface area contributed by atoms with Crippen LogP contribution >= 0.6 is 23.2 Å². The van der Waals surface area contributed by atoms with Crippen molar-refractivity contribution in [2.75, 3.05) is 6.54 Å². The van der Waals surface area contributed by atoms with Crippen LogP contribution in [0.3, 0.4) is 0 Å². The van der Waals surface area contributed by atoms with Crippen molar-refractivity contribution in [2.24, 2.45) is 5.41 Å². The summed E-state index contributed by atoms with van der Waals surface area (Å²) in [5.74, 6) is 0.0691. The number of aromatic amines is 1. The Morgan fingerprint density at radius 3 is 2.77 bits per heavy atom. The molecule has 3 nitrogen and oxygen atoms in total. The topological polar surface area (TPSA) is 36.1 Å². The van der Waals surface area contributed by atoms with Crippen LogP contribution in [-0.2, 0) is 0 Å². The van der Waals surface area contributed by atoms with Gasteiger partial charge in [0, 0.05) is 18.0 Å². The van der Waals surface area contributed by atoms with Gasteiger partial charge < -0.3 is 9.88 Å². The van der Waals surface area contributed by atoms with Gasteiger partial charge in [-0.3, -0.25) is 4.79 Å². The van der Waals surface area contributed by atoms with E-state index in [9.17, 15) is 4.79 Å². The Kier molecular flexibility index (Phi) is 3.21. The fourth-order valence-electron chi connectivity index (χ4n) is 4.04. The van der Waals surface area contributed by atoms with Crippen LogP contribution in [-0.4, -0.2) is 28.4 Å². The van der Waals surface area contributed by atoms with Gasteiger partial charge in [-0.25, -0.2) is 0 Å². The average molecular weight is 337 g/mol. The molecule has 1 spiro atoms. The third-order valence-electron chi connectivity index (χ3n) is 5.36. The van der Waals surface area contributed by atoms with Crippen LogP contribution in [0.15, 0.2) is 18.2 Å². The van der Waals surface area contributed by atoms with Crippen LogP contribution in [0, 0.1) is 5.41 Å². The molecule has 116 valence electrons. The summed E-state index contributed by atoms with van der Waals surface area (Å²) in [6.45, 7) is 3.04. The first-order valence-electron chi connectivity index (χ1n) is 7.77. The first-order valence-corrected chi connectivity index (χ1v) is 8.52. The van der Waals surface area contributed by atoms with E-state index in [4.69, 9.17) is 23.2 Å². The third kappa shape index (κ3) is 2.06. The molecule has 1 aromatic carbocycles. The van der Waals surface area contributed by atoms with E-state index in [1.165, 1.54) is 19.3 Å².